The maximum atomic E-state index is 13.3. The SMILES string of the molecule is Cc1ccc2oc(CN3CCN(C(=O)CO[C@H]4CC[C@H](Nc5ccc([N+](=O)[O-])c(C(F)(F)F)c5)CC4)CC3)c(Cl)c2c1. The maximum absolute atomic E-state index is 13.3. The van der Waals surface area contributed by atoms with E-state index in [0.29, 0.717) is 63.4 Å². The van der Waals surface area contributed by atoms with Crippen molar-refractivity contribution in [2.75, 3.05) is 38.1 Å². The number of carbonyl (C=O) groups excluding carboxylic acids is 1. The van der Waals surface area contributed by atoms with Crippen molar-refractivity contribution in [3.05, 3.63) is 68.4 Å². The van der Waals surface area contributed by atoms with Crippen LogP contribution >= 0.6 is 11.6 Å². The normalized spacial score (nSPS) is 20.2. The second kappa shape index (κ2) is 12.5. The highest BCUT2D eigenvalue weighted by molar-refractivity contribution is 6.36. The number of rotatable bonds is 8. The van der Waals surface area contributed by atoms with Gasteiger partial charge in [0.15, 0.2) is 0 Å². The van der Waals surface area contributed by atoms with E-state index in [0.717, 1.165) is 34.4 Å². The summed E-state index contributed by atoms with van der Waals surface area (Å²) in [6, 6.07) is 8.77. The Morgan fingerprint density at radius 2 is 1.83 bits per heavy atom. The molecule has 0 atom stereocenters. The molecule has 226 valence electrons. The lowest BCUT2D eigenvalue weighted by molar-refractivity contribution is -0.388. The Labute approximate surface area is 245 Å². The molecule has 13 heteroatoms. The average Bonchev–Trinajstić information content (AvgIpc) is 3.26. The van der Waals surface area contributed by atoms with E-state index in [-0.39, 0.29) is 30.3 Å². The van der Waals surface area contributed by atoms with E-state index < -0.39 is 22.4 Å². The van der Waals surface area contributed by atoms with Crippen LogP contribution in [0, 0.1) is 17.0 Å². The number of nitro benzene ring substituents is 1. The van der Waals surface area contributed by atoms with Gasteiger partial charge in [0, 0.05) is 49.4 Å². The van der Waals surface area contributed by atoms with Crippen LogP contribution in [0.3, 0.4) is 0 Å². The molecule has 1 saturated heterocycles. The summed E-state index contributed by atoms with van der Waals surface area (Å²) >= 11 is 6.56. The summed E-state index contributed by atoms with van der Waals surface area (Å²) in [7, 11) is 0. The number of hydrogen-bond acceptors (Lipinski definition) is 7. The van der Waals surface area contributed by atoms with E-state index in [9.17, 15) is 28.1 Å². The number of aryl methyl sites for hydroxylation is 1. The number of benzene rings is 2. The number of alkyl halides is 3. The van der Waals surface area contributed by atoms with Gasteiger partial charge in [-0.3, -0.25) is 19.8 Å². The predicted molar refractivity (Wildman–Crippen MR) is 152 cm³/mol. The molecule has 1 N–H and O–H groups in total. The van der Waals surface area contributed by atoms with Gasteiger partial charge in [0.1, 0.15) is 23.5 Å². The zero-order valence-corrected chi connectivity index (χ0v) is 23.8. The third kappa shape index (κ3) is 6.99. The van der Waals surface area contributed by atoms with Gasteiger partial charge in [-0.25, -0.2) is 0 Å². The molecule has 0 unspecified atom stereocenters. The summed E-state index contributed by atoms with van der Waals surface area (Å²) in [6.07, 6.45) is -2.37. The van der Waals surface area contributed by atoms with Crippen LogP contribution in [0.1, 0.15) is 42.6 Å². The number of furan rings is 1. The van der Waals surface area contributed by atoms with Crippen molar-refractivity contribution in [1.29, 1.82) is 0 Å². The van der Waals surface area contributed by atoms with Crippen molar-refractivity contribution >= 4 is 39.9 Å². The number of piperazine rings is 1. The fourth-order valence-corrected chi connectivity index (χ4v) is 5.84. The minimum atomic E-state index is -4.83. The molecule has 3 aromatic rings. The minimum absolute atomic E-state index is 0.0190. The third-order valence-electron chi connectivity index (χ3n) is 7.93. The second-order valence-corrected chi connectivity index (χ2v) is 11.3. The zero-order valence-electron chi connectivity index (χ0n) is 23.1. The van der Waals surface area contributed by atoms with Crippen molar-refractivity contribution in [3.63, 3.8) is 0 Å². The van der Waals surface area contributed by atoms with E-state index in [1.165, 1.54) is 6.07 Å². The van der Waals surface area contributed by atoms with Gasteiger partial charge in [0.25, 0.3) is 5.69 Å². The fraction of sp³-hybridized carbons (Fsp3) is 0.483. The number of carbonyl (C=O) groups is 1. The first-order valence-electron chi connectivity index (χ1n) is 13.9. The Balaban J connectivity index is 1.04. The molecule has 0 radical (unpaired) electrons. The molecule has 1 amide bonds. The van der Waals surface area contributed by atoms with Gasteiger partial charge < -0.3 is 19.4 Å². The number of nitro groups is 1. The van der Waals surface area contributed by atoms with Crippen LogP contribution in [0.2, 0.25) is 5.02 Å². The van der Waals surface area contributed by atoms with Crippen LogP contribution in [0.15, 0.2) is 40.8 Å². The first kappa shape index (κ1) is 30.1. The Morgan fingerprint density at radius 3 is 2.50 bits per heavy atom. The largest absolute Gasteiger partial charge is 0.458 e. The van der Waals surface area contributed by atoms with Gasteiger partial charge in [0.05, 0.1) is 22.6 Å². The molecule has 2 aliphatic rings. The van der Waals surface area contributed by atoms with Gasteiger partial charge in [-0.15, -0.1) is 0 Å². The van der Waals surface area contributed by atoms with E-state index >= 15 is 0 Å². The number of anilines is 1. The molecule has 2 fully saturated rings. The average molecular weight is 609 g/mol. The minimum Gasteiger partial charge on any atom is -0.458 e. The second-order valence-electron chi connectivity index (χ2n) is 10.9. The van der Waals surface area contributed by atoms with E-state index in [2.05, 4.69) is 10.2 Å². The fourth-order valence-electron chi connectivity index (χ4n) is 5.59. The molecule has 0 bridgehead atoms. The van der Waals surface area contributed by atoms with Gasteiger partial charge in [0.2, 0.25) is 5.91 Å². The van der Waals surface area contributed by atoms with E-state index in [1.54, 1.807) is 4.90 Å². The highest BCUT2D eigenvalue weighted by Crippen LogP contribution is 2.38. The monoisotopic (exact) mass is 608 g/mol. The first-order chi connectivity index (χ1) is 20.0. The molecule has 9 nitrogen and oxygen atoms in total. The molecule has 1 aliphatic carbocycles. The van der Waals surface area contributed by atoms with Crippen LogP contribution in [0.5, 0.6) is 0 Å². The Hall–Kier alpha value is -3.35. The van der Waals surface area contributed by atoms with Crippen LogP contribution in [0.4, 0.5) is 24.5 Å². The number of nitrogens with zero attached hydrogens (tertiary/aromatic N) is 3. The van der Waals surface area contributed by atoms with Crippen molar-refractivity contribution in [2.45, 2.75) is 57.5 Å². The molecule has 2 heterocycles. The molecule has 0 spiro atoms. The summed E-state index contributed by atoms with van der Waals surface area (Å²) in [6.45, 7) is 5.08. The van der Waals surface area contributed by atoms with E-state index in [4.69, 9.17) is 20.8 Å². The molecular formula is C29H32ClF3N4O5. The Morgan fingerprint density at radius 1 is 1.12 bits per heavy atom. The summed E-state index contributed by atoms with van der Waals surface area (Å²) in [5.74, 6) is 0.651. The van der Waals surface area contributed by atoms with Gasteiger partial charge in [-0.2, -0.15) is 13.2 Å². The highest BCUT2D eigenvalue weighted by atomic mass is 35.5. The van der Waals surface area contributed by atoms with Crippen molar-refractivity contribution < 1.29 is 32.0 Å². The lowest BCUT2D eigenvalue weighted by Crippen LogP contribution is -2.49. The Bertz CT molecular complexity index is 1450. The lowest BCUT2D eigenvalue weighted by Gasteiger charge is -2.35. The molecule has 1 aromatic heterocycles. The molecule has 42 heavy (non-hydrogen) atoms. The number of amides is 1. The van der Waals surface area contributed by atoms with Gasteiger partial charge in [-0.1, -0.05) is 23.2 Å². The first-order valence-corrected chi connectivity index (χ1v) is 14.3. The van der Waals surface area contributed by atoms with E-state index in [1.807, 2.05) is 25.1 Å². The van der Waals surface area contributed by atoms with Crippen LogP contribution in [0.25, 0.3) is 11.0 Å². The van der Waals surface area contributed by atoms with Crippen LogP contribution < -0.4 is 5.32 Å². The molecule has 1 saturated carbocycles. The number of fused-ring (bicyclic) bond motifs is 1. The third-order valence-corrected chi connectivity index (χ3v) is 8.34. The predicted octanol–water partition coefficient (Wildman–Crippen LogP) is 6.41. The number of halogens is 4. The molecular weight excluding hydrogens is 577 g/mol. The summed E-state index contributed by atoms with van der Waals surface area (Å²) in [4.78, 5) is 26.7. The van der Waals surface area contributed by atoms with Crippen molar-refractivity contribution in [1.82, 2.24) is 9.80 Å². The zero-order chi connectivity index (χ0) is 30.0. The number of nitrogens with one attached hydrogen (secondary N) is 1. The summed E-state index contributed by atoms with van der Waals surface area (Å²) in [5.41, 5.74) is -0.187. The van der Waals surface area contributed by atoms with Gasteiger partial charge in [-0.05, 0) is 56.9 Å². The highest BCUT2D eigenvalue weighted by Gasteiger charge is 2.38. The molecule has 2 aromatic carbocycles. The number of hydrogen-bond donors (Lipinski definition) is 1. The Kier molecular flexibility index (Phi) is 8.95. The van der Waals surface area contributed by atoms with Crippen molar-refractivity contribution in [2.24, 2.45) is 0 Å². The standard InChI is InChI=1S/C29H32ClF3N4O5/c1-18-2-9-25-22(14-18)28(30)26(42-25)16-35-10-12-36(13-11-35)27(38)17-41-21-6-3-19(4-7-21)34-20-5-8-24(37(39)40)23(15-20)29(31,32)33/h2,5,8-9,14-15,19,21,34H,3-4,6-7,10-13,16-17H2,1H3/t19-,21-. The number of ether oxygens (including phenoxy) is 1. The molecule has 1 aliphatic heterocycles. The van der Waals surface area contributed by atoms with Gasteiger partial charge >= 0.3 is 6.18 Å². The van der Waals surface area contributed by atoms with Crippen molar-refractivity contribution in [3.8, 4) is 0 Å². The lowest BCUT2D eigenvalue weighted by atomic mass is 9.92. The summed E-state index contributed by atoms with van der Waals surface area (Å²) < 4.78 is 51.7. The topological polar surface area (TPSA) is 101 Å². The summed E-state index contributed by atoms with van der Waals surface area (Å²) in [5, 5.41) is 15.6. The maximum Gasteiger partial charge on any atom is 0.423 e. The smallest absolute Gasteiger partial charge is 0.423 e. The quantitative estimate of drug-likeness (QED) is 0.233. The van der Waals surface area contributed by atoms with Crippen LogP contribution in [-0.2, 0) is 22.3 Å². The molecule has 5 rings (SSSR count). The van der Waals surface area contributed by atoms with Crippen LogP contribution in [-0.4, -0.2) is 65.6 Å².